The number of hydrogen-bond acceptors (Lipinski definition) is 2. The summed E-state index contributed by atoms with van der Waals surface area (Å²) in [5.74, 6) is -0.164. The predicted molar refractivity (Wildman–Crippen MR) is 84.8 cm³/mol. The van der Waals surface area contributed by atoms with Crippen LogP contribution in [-0.2, 0) is 4.79 Å². The lowest BCUT2D eigenvalue weighted by Gasteiger charge is -2.26. The van der Waals surface area contributed by atoms with Crippen LogP contribution in [0.2, 0.25) is 5.02 Å². The number of amides is 3. The number of anilines is 2. The third kappa shape index (κ3) is 3.67. The number of rotatable bonds is 2. The maximum atomic E-state index is 12.3. The third-order valence-corrected chi connectivity index (χ3v) is 4.03. The van der Waals surface area contributed by atoms with Crippen molar-refractivity contribution in [2.24, 2.45) is 0 Å². The van der Waals surface area contributed by atoms with E-state index in [4.69, 9.17) is 11.6 Å². The Hall–Kier alpha value is -1.75. The molecular formula is C15H20ClN3O2. The SMILES string of the molecule is CC(=O)Nc1ccc(NC(=O)N2[C@H](C)CC[C@H]2C)c(Cl)c1. The van der Waals surface area contributed by atoms with E-state index in [-0.39, 0.29) is 24.0 Å². The Labute approximate surface area is 129 Å². The zero-order chi connectivity index (χ0) is 15.6. The van der Waals surface area contributed by atoms with Crippen LogP contribution in [0.25, 0.3) is 0 Å². The number of likely N-dealkylation sites (tertiary alicyclic amines) is 1. The zero-order valence-corrected chi connectivity index (χ0v) is 13.2. The average Bonchev–Trinajstić information content (AvgIpc) is 2.71. The molecule has 5 nitrogen and oxygen atoms in total. The van der Waals surface area contributed by atoms with Gasteiger partial charge in [-0.25, -0.2) is 4.79 Å². The molecule has 0 aliphatic carbocycles. The Kier molecular flexibility index (Phi) is 4.73. The fourth-order valence-electron chi connectivity index (χ4n) is 2.67. The first-order chi connectivity index (χ1) is 9.88. The molecule has 2 rings (SSSR count). The normalized spacial score (nSPS) is 21.2. The van der Waals surface area contributed by atoms with Gasteiger partial charge in [0, 0.05) is 24.7 Å². The molecule has 1 saturated heterocycles. The van der Waals surface area contributed by atoms with E-state index < -0.39 is 0 Å². The summed E-state index contributed by atoms with van der Waals surface area (Å²) in [6.07, 6.45) is 2.04. The fourth-order valence-corrected chi connectivity index (χ4v) is 2.90. The lowest BCUT2D eigenvalue weighted by molar-refractivity contribution is -0.114. The smallest absolute Gasteiger partial charge is 0.322 e. The predicted octanol–water partition coefficient (Wildman–Crippen LogP) is 3.70. The van der Waals surface area contributed by atoms with Crippen LogP contribution in [0.4, 0.5) is 16.2 Å². The van der Waals surface area contributed by atoms with E-state index in [0.29, 0.717) is 16.4 Å². The summed E-state index contributed by atoms with van der Waals surface area (Å²) in [6, 6.07) is 5.35. The van der Waals surface area contributed by atoms with Crippen LogP contribution in [0, 0.1) is 0 Å². The zero-order valence-electron chi connectivity index (χ0n) is 12.4. The Morgan fingerprint density at radius 1 is 1.19 bits per heavy atom. The van der Waals surface area contributed by atoms with Gasteiger partial charge >= 0.3 is 6.03 Å². The average molecular weight is 310 g/mol. The molecule has 1 fully saturated rings. The van der Waals surface area contributed by atoms with Gasteiger partial charge in [-0.05, 0) is 44.9 Å². The molecule has 0 unspecified atom stereocenters. The molecule has 0 spiro atoms. The van der Waals surface area contributed by atoms with Crippen LogP contribution in [0.3, 0.4) is 0 Å². The Morgan fingerprint density at radius 2 is 1.81 bits per heavy atom. The third-order valence-electron chi connectivity index (χ3n) is 3.72. The van der Waals surface area contributed by atoms with E-state index in [1.165, 1.54) is 6.92 Å². The quantitative estimate of drug-likeness (QED) is 0.875. The second-order valence-electron chi connectivity index (χ2n) is 5.49. The molecule has 3 amide bonds. The van der Waals surface area contributed by atoms with Gasteiger partial charge in [-0.1, -0.05) is 11.6 Å². The summed E-state index contributed by atoms with van der Waals surface area (Å²) in [6.45, 7) is 5.52. The largest absolute Gasteiger partial charge is 0.326 e. The summed E-state index contributed by atoms with van der Waals surface area (Å²) in [5, 5.41) is 5.88. The summed E-state index contributed by atoms with van der Waals surface area (Å²) in [7, 11) is 0. The van der Waals surface area contributed by atoms with E-state index in [0.717, 1.165) is 12.8 Å². The Bertz CT molecular complexity index is 552. The number of hydrogen-bond donors (Lipinski definition) is 2. The molecule has 1 heterocycles. The van der Waals surface area contributed by atoms with Crippen LogP contribution >= 0.6 is 11.6 Å². The molecule has 2 atom stereocenters. The van der Waals surface area contributed by atoms with Crippen molar-refractivity contribution in [1.29, 1.82) is 0 Å². The van der Waals surface area contributed by atoms with E-state index in [2.05, 4.69) is 10.6 Å². The minimum absolute atomic E-state index is 0.137. The Balaban J connectivity index is 2.09. The number of nitrogens with one attached hydrogen (secondary N) is 2. The highest BCUT2D eigenvalue weighted by atomic mass is 35.5. The van der Waals surface area contributed by atoms with Crippen molar-refractivity contribution in [1.82, 2.24) is 4.90 Å². The standard InChI is InChI=1S/C15H20ClN3O2/c1-9-4-5-10(2)19(9)15(21)18-14-7-6-12(8-13(14)16)17-11(3)20/h6-10H,4-5H2,1-3H3,(H,17,20)(H,18,21)/t9-,10-/m1/s1. The Morgan fingerprint density at radius 3 is 2.33 bits per heavy atom. The minimum atomic E-state index is -0.164. The molecule has 0 aromatic heterocycles. The van der Waals surface area contributed by atoms with Crippen LogP contribution in [0.1, 0.15) is 33.6 Å². The van der Waals surface area contributed by atoms with Crippen molar-refractivity contribution >= 4 is 34.9 Å². The first-order valence-corrected chi connectivity index (χ1v) is 7.42. The van der Waals surface area contributed by atoms with E-state index in [1.807, 2.05) is 18.7 Å². The summed E-state index contributed by atoms with van der Waals surface area (Å²) in [4.78, 5) is 25.2. The van der Waals surface area contributed by atoms with Crippen LogP contribution in [0.15, 0.2) is 18.2 Å². The lowest BCUT2D eigenvalue weighted by atomic mass is 10.2. The first-order valence-electron chi connectivity index (χ1n) is 7.05. The minimum Gasteiger partial charge on any atom is -0.326 e. The molecule has 1 aromatic rings. The molecule has 1 aliphatic heterocycles. The molecule has 21 heavy (non-hydrogen) atoms. The lowest BCUT2D eigenvalue weighted by Crippen LogP contribution is -2.41. The van der Waals surface area contributed by atoms with Gasteiger partial charge < -0.3 is 15.5 Å². The van der Waals surface area contributed by atoms with Crippen molar-refractivity contribution in [2.45, 2.75) is 45.7 Å². The fraction of sp³-hybridized carbons (Fsp3) is 0.467. The van der Waals surface area contributed by atoms with Gasteiger partial charge in [0.05, 0.1) is 10.7 Å². The number of halogens is 1. The van der Waals surface area contributed by atoms with Crippen molar-refractivity contribution in [3.05, 3.63) is 23.2 Å². The van der Waals surface area contributed by atoms with Gasteiger partial charge in [0.15, 0.2) is 0 Å². The molecule has 1 aliphatic rings. The van der Waals surface area contributed by atoms with Gasteiger partial charge in [0.25, 0.3) is 0 Å². The van der Waals surface area contributed by atoms with Crippen molar-refractivity contribution in [3.63, 3.8) is 0 Å². The highest BCUT2D eigenvalue weighted by molar-refractivity contribution is 6.34. The van der Waals surface area contributed by atoms with Crippen molar-refractivity contribution in [2.75, 3.05) is 10.6 Å². The van der Waals surface area contributed by atoms with Crippen molar-refractivity contribution in [3.8, 4) is 0 Å². The molecule has 6 heteroatoms. The van der Waals surface area contributed by atoms with Gasteiger partial charge in [-0.3, -0.25) is 4.79 Å². The molecular weight excluding hydrogens is 290 g/mol. The second-order valence-corrected chi connectivity index (χ2v) is 5.90. The summed E-state index contributed by atoms with van der Waals surface area (Å²) in [5.41, 5.74) is 1.15. The van der Waals surface area contributed by atoms with Gasteiger partial charge in [-0.15, -0.1) is 0 Å². The molecule has 1 aromatic carbocycles. The van der Waals surface area contributed by atoms with Crippen LogP contribution < -0.4 is 10.6 Å². The first kappa shape index (κ1) is 15.6. The maximum absolute atomic E-state index is 12.3. The second kappa shape index (κ2) is 6.35. The number of urea groups is 1. The molecule has 0 bridgehead atoms. The molecule has 0 saturated carbocycles. The molecule has 2 N–H and O–H groups in total. The highest BCUT2D eigenvalue weighted by Crippen LogP contribution is 2.28. The van der Waals surface area contributed by atoms with Crippen LogP contribution in [0.5, 0.6) is 0 Å². The van der Waals surface area contributed by atoms with E-state index >= 15 is 0 Å². The highest BCUT2D eigenvalue weighted by Gasteiger charge is 2.31. The van der Waals surface area contributed by atoms with Gasteiger partial charge in [0.1, 0.15) is 0 Å². The molecule has 114 valence electrons. The summed E-state index contributed by atoms with van der Waals surface area (Å²) < 4.78 is 0. The van der Waals surface area contributed by atoms with Gasteiger partial charge in [-0.2, -0.15) is 0 Å². The molecule has 0 radical (unpaired) electrons. The van der Waals surface area contributed by atoms with Crippen LogP contribution in [-0.4, -0.2) is 28.9 Å². The maximum Gasteiger partial charge on any atom is 0.322 e. The topological polar surface area (TPSA) is 61.4 Å². The van der Waals surface area contributed by atoms with Gasteiger partial charge in [0.2, 0.25) is 5.91 Å². The number of benzene rings is 1. The van der Waals surface area contributed by atoms with E-state index in [9.17, 15) is 9.59 Å². The number of carbonyl (C=O) groups excluding carboxylic acids is 2. The van der Waals surface area contributed by atoms with Crippen molar-refractivity contribution < 1.29 is 9.59 Å². The summed E-state index contributed by atoms with van der Waals surface area (Å²) >= 11 is 6.15. The monoisotopic (exact) mass is 309 g/mol. The number of carbonyl (C=O) groups is 2. The van der Waals surface area contributed by atoms with E-state index in [1.54, 1.807) is 18.2 Å². The number of nitrogens with zero attached hydrogens (tertiary/aromatic N) is 1.